The van der Waals surface area contributed by atoms with E-state index in [9.17, 15) is 0 Å². The molecule has 0 bridgehead atoms. The molecule has 0 aliphatic carbocycles. The first kappa shape index (κ1) is 87.8. The van der Waals surface area contributed by atoms with E-state index in [1.165, 1.54) is 33.4 Å². The van der Waals surface area contributed by atoms with Crippen LogP contribution in [0.25, 0.3) is 66.8 Å². The predicted octanol–water partition coefficient (Wildman–Crippen LogP) is 37.8. The zero-order chi connectivity index (χ0) is 94.1. The van der Waals surface area contributed by atoms with E-state index in [-0.39, 0.29) is 0 Å². The maximum atomic E-state index is 2.37. The van der Waals surface area contributed by atoms with Gasteiger partial charge in [-0.05, 0) is 396 Å². The summed E-state index contributed by atoms with van der Waals surface area (Å²) >= 11 is 0. The first-order chi connectivity index (χ1) is 68.3. The van der Waals surface area contributed by atoms with Gasteiger partial charge in [0.05, 0.1) is 0 Å². The Morgan fingerprint density at radius 3 is 0.288 bits per heavy atom. The SMILES string of the molecule is Cc1cccc(N(c2ccccc2)c2ccc(-c3ccc(N(c4ccc(-c5ccc(N(c6ccc(-c7ccc(N(c8ccc(-c9ccc(N(c%10ccccc%10)c%10cccc(C)c%10)cc9)cc8)c8cccc(C)c8)cc7)cc6)c6ccc(-c7ccc(N(c8ccc(-c9ccc(N(c%10ccccc%10)c%10cccc(C)c%10)cc9)cc8)c8cccc(C)c8)cc7)cc6)cc5)cc4)c4cccc(C)c4)cc3)cc2)c1. The van der Waals surface area contributed by atoms with Crippen LogP contribution in [-0.4, -0.2) is 0 Å². The monoisotopic (exact) mass is 1790 g/mol. The molecule has 0 saturated carbocycles. The highest BCUT2D eigenvalue weighted by atomic mass is 15.2. The first-order valence-electron chi connectivity index (χ1n) is 47.7. The summed E-state index contributed by atoms with van der Waals surface area (Å²) in [5.41, 5.74) is 43.7. The lowest BCUT2D eigenvalue weighted by molar-refractivity contribution is 1.27. The van der Waals surface area contributed by atoms with Crippen molar-refractivity contribution in [3.63, 3.8) is 0 Å². The topological polar surface area (TPSA) is 22.7 Å². The number of aryl methyl sites for hydroxylation is 6. The van der Waals surface area contributed by atoms with E-state index >= 15 is 0 Å². The van der Waals surface area contributed by atoms with E-state index in [0.717, 1.165) is 186 Å². The van der Waals surface area contributed by atoms with Gasteiger partial charge in [-0.2, -0.15) is 0 Å². The minimum Gasteiger partial charge on any atom is -0.311 e. The van der Waals surface area contributed by atoms with Crippen LogP contribution in [0.3, 0.4) is 0 Å². The number of anilines is 21. The number of rotatable bonds is 27. The fourth-order valence-corrected chi connectivity index (χ4v) is 19.1. The molecule has 0 amide bonds. The maximum absolute atomic E-state index is 2.37. The lowest BCUT2D eigenvalue weighted by Crippen LogP contribution is -2.10. The van der Waals surface area contributed by atoms with Gasteiger partial charge in [0.15, 0.2) is 0 Å². The Morgan fingerprint density at radius 2 is 0.180 bits per heavy atom. The highest BCUT2D eigenvalue weighted by Crippen LogP contribution is 2.47. The fourth-order valence-electron chi connectivity index (χ4n) is 19.1. The molecule has 21 rings (SSSR count). The summed E-state index contributed by atoms with van der Waals surface area (Å²) in [6.45, 7) is 12.9. The first-order valence-corrected chi connectivity index (χ1v) is 47.7. The summed E-state index contributed by atoms with van der Waals surface area (Å²) in [6.07, 6.45) is 0. The number of benzene rings is 21. The van der Waals surface area contributed by atoms with Crippen molar-refractivity contribution in [2.24, 2.45) is 0 Å². The molecule has 0 spiro atoms. The molecule has 7 nitrogen and oxygen atoms in total. The molecule has 0 saturated heterocycles. The van der Waals surface area contributed by atoms with Crippen LogP contribution in [0.4, 0.5) is 119 Å². The molecule has 7 heteroatoms. The highest BCUT2D eigenvalue weighted by molar-refractivity contribution is 5.90. The molecule has 21 aromatic carbocycles. The van der Waals surface area contributed by atoms with E-state index in [2.05, 4.69) is 604 Å². The average Bonchev–Trinajstić information content (AvgIpc) is 0.785. The molecule has 0 aliphatic rings. The summed E-state index contributed by atoms with van der Waals surface area (Å²) in [7, 11) is 0. The van der Waals surface area contributed by atoms with Crippen LogP contribution in [0, 0.1) is 41.5 Å². The van der Waals surface area contributed by atoms with Gasteiger partial charge in [-0.3, -0.25) is 0 Å². The Bertz CT molecular complexity index is 7030. The molecule has 0 unspecified atom stereocenters. The number of para-hydroxylation sites is 3. The molecule has 21 aromatic rings. The molecular formula is C132H105N7. The van der Waals surface area contributed by atoms with E-state index < -0.39 is 0 Å². The Hall–Kier alpha value is -17.8. The van der Waals surface area contributed by atoms with Crippen molar-refractivity contribution in [2.75, 3.05) is 34.3 Å². The van der Waals surface area contributed by atoms with Crippen LogP contribution < -0.4 is 34.3 Å². The van der Waals surface area contributed by atoms with Gasteiger partial charge < -0.3 is 34.3 Å². The van der Waals surface area contributed by atoms with Crippen LogP contribution >= 0.6 is 0 Å². The smallest absolute Gasteiger partial charge is 0.0464 e. The van der Waals surface area contributed by atoms with Crippen LogP contribution in [0.15, 0.2) is 528 Å². The van der Waals surface area contributed by atoms with Gasteiger partial charge in [-0.15, -0.1) is 0 Å². The summed E-state index contributed by atoms with van der Waals surface area (Å²) in [5.74, 6) is 0. The number of hydrogen-bond acceptors (Lipinski definition) is 7. The summed E-state index contributed by atoms with van der Waals surface area (Å²) < 4.78 is 0. The maximum Gasteiger partial charge on any atom is 0.0464 e. The standard InChI is InChI=1S/C132H105N7/c1-94-22-16-34-127(88-94)134(112-28-10-7-11-29-112)118-70-46-103(47-71-118)109-58-82-124(83-59-109)137(130-37-19-25-97(4)91-130)121-76-52-106(53-77-121)100-40-64-115(65-41-100)133(116-66-42-101(43-67-116)107-54-78-122(79-55-107)138(131-38-20-26-98(5)92-131)125-84-60-110(61-85-125)104-48-72-119(73-49-104)135(113-30-12-8-13-31-113)128-35-17-23-95(2)89-128)117-68-44-102(45-69-117)108-56-80-123(81-57-108)139(132-39-21-27-99(6)93-132)126-86-62-111(63-87-126)105-50-74-120(75-51-105)136(114-32-14-9-15-33-114)129-36-18-24-96(3)90-129/h7-93H,1-6H3. The van der Waals surface area contributed by atoms with Gasteiger partial charge >= 0.3 is 0 Å². The van der Waals surface area contributed by atoms with Crippen molar-refractivity contribution >= 4 is 119 Å². The lowest BCUT2D eigenvalue weighted by atomic mass is 10.0. The third-order valence-electron chi connectivity index (χ3n) is 26.1. The van der Waals surface area contributed by atoms with Crippen molar-refractivity contribution in [1.29, 1.82) is 0 Å². The van der Waals surface area contributed by atoms with Crippen LogP contribution in [0.5, 0.6) is 0 Å². The molecule has 0 atom stereocenters. The molecule has 668 valence electrons. The fraction of sp³-hybridized carbons (Fsp3) is 0.0455. The average molecular weight is 1790 g/mol. The molecule has 0 N–H and O–H groups in total. The zero-order valence-electron chi connectivity index (χ0n) is 78.9. The van der Waals surface area contributed by atoms with E-state index in [0.29, 0.717) is 0 Å². The Kier molecular flexibility index (Phi) is 25.1. The van der Waals surface area contributed by atoms with Gasteiger partial charge in [-0.1, -0.05) is 273 Å². The van der Waals surface area contributed by atoms with E-state index in [1.54, 1.807) is 0 Å². The molecule has 139 heavy (non-hydrogen) atoms. The third kappa shape index (κ3) is 19.4. The lowest BCUT2D eigenvalue weighted by Gasteiger charge is -2.27. The van der Waals surface area contributed by atoms with Crippen molar-refractivity contribution in [2.45, 2.75) is 41.5 Å². The normalized spacial score (nSPS) is 11.1. The van der Waals surface area contributed by atoms with Gasteiger partial charge in [0.2, 0.25) is 0 Å². The molecular weight excluding hydrogens is 1680 g/mol. The van der Waals surface area contributed by atoms with Crippen LogP contribution in [-0.2, 0) is 0 Å². The van der Waals surface area contributed by atoms with Gasteiger partial charge in [0.25, 0.3) is 0 Å². The van der Waals surface area contributed by atoms with E-state index in [1.807, 2.05) is 0 Å². The van der Waals surface area contributed by atoms with Crippen molar-refractivity contribution < 1.29 is 0 Å². The van der Waals surface area contributed by atoms with Gasteiger partial charge in [-0.25, -0.2) is 0 Å². The minimum atomic E-state index is 1.04. The quantitative estimate of drug-likeness (QED) is 0.0505. The second-order valence-electron chi connectivity index (χ2n) is 36.0. The van der Waals surface area contributed by atoms with Gasteiger partial charge in [0, 0.05) is 119 Å². The summed E-state index contributed by atoms with van der Waals surface area (Å²) in [4.78, 5) is 16.4. The third-order valence-corrected chi connectivity index (χ3v) is 26.1. The Balaban J connectivity index is 0.565. The predicted molar refractivity (Wildman–Crippen MR) is 590 cm³/mol. The second-order valence-corrected chi connectivity index (χ2v) is 36.0. The molecule has 0 aliphatic heterocycles. The van der Waals surface area contributed by atoms with Crippen LogP contribution in [0.1, 0.15) is 33.4 Å². The van der Waals surface area contributed by atoms with Crippen molar-refractivity contribution in [3.8, 4) is 66.8 Å². The van der Waals surface area contributed by atoms with Crippen LogP contribution in [0.2, 0.25) is 0 Å². The van der Waals surface area contributed by atoms with E-state index in [4.69, 9.17) is 0 Å². The highest BCUT2D eigenvalue weighted by Gasteiger charge is 2.24. The summed E-state index contributed by atoms with van der Waals surface area (Å²) in [6, 6.07) is 192. The number of hydrogen-bond donors (Lipinski definition) is 0. The zero-order valence-corrected chi connectivity index (χ0v) is 78.9. The van der Waals surface area contributed by atoms with Crippen molar-refractivity contribution in [1.82, 2.24) is 0 Å². The molecule has 0 aromatic heterocycles. The molecule has 0 radical (unpaired) electrons. The minimum absolute atomic E-state index is 1.04. The molecule has 0 heterocycles. The number of nitrogens with zero attached hydrogens (tertiary/aromatic N) is 7. The van der Waals surface area contributed by atoms with Crippen molar-refractivity contribution in [3.05, 3.63) is 561 Å². The van der Waals surface area contributed by atoms with Gasteiger partial charge in [0.1, 0.15) is 0 Å². The summed E-state index contributed by atoms with van der Waals surface area (Å²) in [5, 5.41) is 0. The molecule has 0 fully saturated rings. The largest absolute Gasteiger partial charge is 0.311 e. The Labute approximate surface area is 817 Å². The Morgan fingerprint density at radius 1 is 0.0863 bits per heavy atom. The second kappa shape index (κ2) is 39.8.